The Labute approximate surface area is 139 Å². The molecule has 0 aliphatic rings. The maximum absolute atomic E-state index is 12.1. The van der Waals surface area contributed by atoms with Gasteiger partial charge in [0.2, 0.25) is 5.91 Å². The van der Waals surface area contributed by atoms with E-state index in [1.807, 2.05) is 35.8 Å². The number of benzene rings is 2. The van der Waals surface area contributed by atoms with Crippen LogP contribution in [-0.4, -0.2) is 21.4 Å². The number of aromatic hydroxyl groups is 1. The van der Waals surface area contributed by atoms with Crippen molar-refractivity contribution >= 4 is 28.3 Å². The van der Waals surface area contributed by atoms with Crippen molar-refractivity contribution in [1.29, 1.82) is 0 Å². The van der Waals surface area contributed by atoms with E-state index in [4.69, 9.17) is 0 Å². The largest absolute Gasteiger partial charge is 0.508 e. The van der Waals surface area contributed by atoms with Crippen LogP contribution >= 0.6 is 0 Å². The second-order valence-electron chi connectivity index (χ2n) is 5.78. The van der Waals surface area contributed by atoms with Crippen LogP contribution in [0.25, 0.3) is 16.6 Å². The molecule has 1 aromatic heterocycles. The Kier molecular flexibility index (Phi) is 3.85. The highest BCUT2D eigenvalue weighted by atomic mass is 16.3. The fourth-order valence-electron chi connectivity index (χ4n) is 3.11. The standard InChI is InChI=1S/C19H18N2O3/c1-11-19(12(2)22)17-10-16(24)7-8-18(17)21(11)15-6-4-5-14(9-15)20-13(3)23/h4-10,24H,1-3H3,(H,20,23). The van der Waals surface area contributed by atoms with E-state index < -0.39 is 0 Å². The van der Waals surface area contributed by atoms with Gasteiger partial charge in [0.25, 0.3) is 0 Å². The van der Waals surface area contributed by atoms with Gasteiger partial charge >= 0.3 is 0 Å². The molecule has 24 heavy (non-hydrogen) atoms. The maximum atomic E-state index is 12.1. The third kappa shape index (κ3) is 2.65. The predicted octanol–water partition coefficient (Wildman–Crippen LogP) is 3.81. The van der Waals surface area contributed by atoms with Crippen LogP contribution in [0.2, 0.25) is 0 Å². The molecular weight excluding hydrogens is 304 g/mol. The van der Waals surface area contributed by atoms with Crippen molar-refractivity contribution < 1.29 is 14.7 Å². The zero-order chi connectivity index (χ0) is 17.4. The summed E-state index contributed by atoms with van der Waals surface area (Å²) >= 11 is 0. The quantitative estimate of drug-likeness (QED) is 0.720. The lowest BCUT2D eigenvalue weighted by atomic mass is 10.1. The Morgan fingerprint density at radius 1 is 1.08 bits per heavy atom. The molecule has 0 aliphatic carbocycles. The number of nitrogens with one attached hydrogen (secondary N) is 1. The van der Waals surface area contributed by atoms with Crippen molar-refractivity contribution in [2.45, 2.75) is 20.8 Å². The van der Waals surface area contributed by atoms with Crippen molar-refractivity contribution in [1.82, 2.24) is 4.57 Å². The second kappa shape index (κ2) is 5.85. The van der Waals surface area contributed by atoms with Crippen LogP contribution in [0.15, 0.2) is 42.5 Å². The molecule has 0 unspecified atom stereocenters. The van der Waals surface area contributed by atoms with Gasteiger partial charge in [-0.2, -0.15) is 0 Å². The lowest BCUT2D eigenvalue weighted by Crippen LogP contribution is -2.06. The van der Waals surface area contributed by atoms with Crippen LogP contribution in [0, 0.1) is 6.92 Å². The highest BCUT2D eigenvalue weighted by molar-refractivity contribution is 6.09. The summed E-state index contributed by atoms with van der Waals surface area (Å²) < 4.78 is 1.96. The molecule has 1 amide bonds. The third-order valence-corrected chi connectivity index (χ3v) is 3.96. The number of hydrogen-bond acceptors (Lipinski definition) is 3. The monoisotopic (exact) mass is 322 g/mol. The minimum Gasteiger partial charge on any atom is -0.508 e. The average Bonchev–Trinajstić information content (AvgIpc) is 2.78. The van der Waals surface area contributed by atoms with Crippen LogP contribution in [0.1, 0.15) is 29.9 Å². The average molecular weight is 322 g/mol. The number of phenolic OH excluding ortho intramolecular Hbond substituents is 1. The molecule has 5 heteroatoms. The molecule has 0 saturated carbocycles. The Morgan fingerprint density at radius 3 is 2.50 bits per heavy atom. The van der Waals surface area contributed by atoms with Gasteiger partial charge in [-0.25, -0.2) is 0 Å². The number of fused-ring (bicyclic) bond motifs is 1. The van der Waals surface area contributed by atoms with Crippen molar-refractivity contribution in [3.8, 4) is 11.4 Å². The number of rotatable bonds is 3. The number of hydrogen-bond donors (Lipinski definition) is 2. The molecule has 0 aliphatic heterocycles. The molecule has 0 saturated heterocycles. The van der Waals surface area contributed by atoms with E-state index in [0.29, 0.717) is 16.6 Å². The van der Waals surface area contributed by atoms with Crippen LogP contribution in [0.4, 0.5) is 5.69 Å². The number of carbonyl (C=O) groups is 2. The maximum Gasteiger partial charge on any atom is 0.221 e. The predicted molar refractivity (Wildman–Crippen MR) is 94.0 cm³/mol. The lowest BCUT2D eigenvalue weighted by molar-refractivity contribution is -0.114. The summed E-state index contributed by atoms with van der Waals surface area (Å²) in [7, 11) is 0. The minimum atomic E-state index is -0.143. The Morgan fingerprint density at radius 2 is 1.83 bits per heavy atom. The normalized spacial score (nSPS) is 10.8. The van der Waals surface area contributed by atoms with Gasteiger partial charge in [0.15, 0.2) is 5.78 Å². The first-order valence-corrected chi connectivity index (χ1v) is 7.61. The Bertz CT molecular complexity index is 970. The molecule has 0 bridgehead atoms. The van der Waals surface area contributed by atoms with Gasteiger partial charge in [0, 0.05) is 34.9 Å². The van der Waals surface area contributed by atoms with Crippen molar-refractivity contribution in [2.75, 3.05) is 5.32 Å². The van der Waals surface area contributed by atoms with Gasteiger partial charge in [-0.3, -0.25) is 9.59 Å². The van der Waals surface area contributed by atoms with E-state index in [1.165, 1.54) is 13.8 Å². The van der Waals surface area contributed by atoms with Gasteiger partial charge < -0.3 is 15.0 Å². The number of aromatic nitrogens is 1. The molecule has 0 fully saturated rings. The summed E-state index contributed by atoms with van der Waals surface area (Å²) in [4.78, 5) is 23.4. The van der Waals surface area contributed by atoms with Crippen LogP contribution in [-0.2, 0) is 4.79 Å². The second-order valence-corrected chi connectivity index (χ2v) is 5.78. The smallest absolute Gasteiger partial charge is 0.221 e. The molecule has 0 spiro atoms. The fourth-order valence-corrected chi connectivity index (χ4v) is 3.11. The number of ketones is 1. The fraction of sp³-hybridized carbons (Fsp3) is 0.158. The summed E-state index contributed by atoms with van der Waals surface area (Å²) in [5.74, 6) is -0.0791. The first kappa shape index (κ1) is 15.8. The number of nitrogens with zero attached hydrogens (tertiary/aromatic N) is 1. The van der Waals surface area contributed by atoms with Crippen LogP contribution in [0.5, 0.6) is 5.75 Å². The third-order valence-electron chi connectivity index (χ3n) is 3.96. The number of amides is 1. The van der Waals surface area contributed by atoms with E-state index in [0.717, 1.165) is 16.9 Å². The Hall–Kier alpha value is -3.08. The van der Waals surface area contributed by atoms with E-state index in [9.17, 15) is 14.7 Å². The summed E-state index contributed by atoms with van der Waals surface area (Å²) in [6.07, 6.45) is 0. The minimum absolute atomic E-state index is 0.0557. The van der Waals surface area contributed by atoms with Crippen molar-refractivity contribution in [2.24, 2.45) is 0 Å². The molecule has 122 valence electrons. The van der Waals surface area contributed by atoms with Crippen LogP contribution < -0.4 is 5.32 Å². The summed E-state index contributed by atoms with van der Waals surface area (Å²) in [5.41, 5.74) is 3.73. The number of anilines is 1. The molecule has 0 atom stereocenters. The summed E-state index contributed by atoms with van der Waals surface area (Å²) in [5, 5.41) is 13.3. The lowest BCUT2D eigenvalue weighted by Gasteiger charge is -2.11. The zero-order valence-corrected chi connectivity index (χ0v) is 13.8. The SMILES string of the molecule is CC(=O)Nc1cccc(-n2c(C)c(C(C)=O)c3cc(O)ccc32)c1. The summed E-state index contributed by atoms with van der Waals surface area (Å²) in [6, 6.07) is 12.4. The molecule has 0 radical (unpaired) electrons. The molecule has 2 aromatic carbocycles. The van der Waals surface area contributed by atoms with E-state index in [2.05, 4.69) is 5.32 Å². The summed E-state index contributed by atoms with van der Waals surface area (Å²) in [6.45, 7) is 4.85. The molecule has 3 rings (SSSR count). The van der Waals surface area contributed by atoms with Crippen molar-refractivity contribution in [3.63, 3.8) is 0 Å². The van der Waals surface area contributed by atoms with Gasteiger partial charge in [0.1, 0.15) is 5.75 Å². The van der Waals surface area contributed by atoms with E-state index >= 15 is 0 Å². The first-order chi connectivity index (χ1) is 11.4. The van der Waals surface area contributed by atoms with Crippen molar-refractivity contribution in [3.05, 3.63) is 53.7 Å². The van der Waals surface area contributed by atoms with Gasteiger partial charge in [0.05, 0.1) is 5.52 Å². The van der Waals surface area contributed by atoms with Gasteiger partial charge in [-0.05, 0) is 50.2 Å². The van der Waals surface area contributed by atoms with E-state index in [-0.39, 0.29) is 17.4 Å². The zero-order valence-electron chi connectivity index (χ0n) is 13.8. The number of carbonyl (C=O) groups excluding carboxylic acids is 2. The topological polar surface area (TPSA) is 71.3 Å². The highest BCUT2D eigenvalue weighted by Crippen LogP contribution is 2.32. The molecular formula is C19H18N2O3. The number of Topliss-reactive ketones (excluding diaryl/α,β-unsaturated/α-hetero) is 1. The van der Waals surface area contributed by atoms with Crippen LogP contribution in [0.3, 0.4) is 0 Å². The molecule has 2 N–H and O–H groups in total. The number of phenols is 1. The van der Waals surface area contributed by atoms with Gasteiger partial charge in [-0.1, -0.05) is 6.07 Å². The van der Waals surface area contributed by atoms with E-state index in [1.54, 1.807) is 18.2 Å². The Balaban J connectivity index is 2.29. The highest BCUT2D eigenvalue weighted by Gasteiger charge is 2.18. The van der Waals surface area contributed by atoms with Gasteiger partial charge in [-0.15, -0.1) is 0 Å². The molecule has 3 aromatic rings. The molecule has 5 nitrogen and oxygen atoms in total. The first-order valence-electron chi connectivity index (χ1n) is 7.61. The molecule has 1 heterocycles.